The van der Waals surface area contributed by atoms with Gasteiger partial charge in [0.15, 0.2) is 10.8 Å². The van der Waals surface area contributed by atoms with E-state index in [1.54, 1.807) is 0 Å². The molecule has 1 N–H and O–H groups in total. The lowest BCUT2D eigenvalue weighted by molar-refractivity contribution is -0.142. The number of anilines is 1. The maximum Gasteiger partial charge on any atom is 0.435 e. The summed E-state index contributed by atoms with van der Waals surface area (Å²) in [5, 5.41) is 2.99. The SMILES string of the molecule is CNc1nc(C(F)(F)F)c(SCc2ccc(Cl)cc2F)s1. The van der Waals surface area contributed by atoms with Crippen LogP contribution in [0.1, 0.15) is 11.3 Å². The third-order valence-electron chi connectivity index (χ3n) is 2.45. The van der Waals surface area contributed by atoms with Gasteiger partial charge in [-0.15, -0.1) is 11.8 Å². The maximum absolute atomic E-state index is 13.6. The molecule has 0 atom stereocenters. The van der Waals surface area contributed by atoms with E-state index in [4.69, 9.17) is 11.6 Å². The summed E-state index contributed by atoms with van der Waals surface area (Å²) in [6.45, 7) is 0. The zero-order valence-corrected chi connectivity index (χ0v) is 13.0. The number of hydrogen-bond acceptors (Lipinski definition) is 4. The standard InChI is InChI=1S/C12H9ClF4N2S2/c1-18-11-19-9(12(15,16)17)10(21-11)20-5-6-2-3-7(13)4-8(6)14/h2-4H,5H2,1H3,(H,18,19). The number of nitrogens with zero attached hydrogens (tertiary/aromatic N) is 1. The predicted octanol–water partition coefficient (Wildman–Crippen LogP) is 5.29. The number of rotatable bonds is 4. The number of nitrogens with one attached hydrogen (secondary N) is 1. The average Bonchev–Trinajstić information content (AvgIpc) is 2.81. The van der Waals surface area contributed by atoms with Crippen LogP contribution in [0.25, 0.3) is 0 Å². The van der Waals surface area contributed by atoms with Crippen LogP contribution in [0, 0.1) is 5.82 Å². The zero-order valence-electron chi connectivity index (χ0n) is 10.6. The Morgan fingerprint density at radius 3 is 2.67 bits per heavy atom. The van der Waals surface area contributed by atoms with Crippen LogP contribution in [0.3, 0.4) is 0 Å². The smallest absolute Gasteiger partial charge is 0.365 e. The molecule has 0 bridgehead atoms. The van der Waals surface area contributed by atoms with Crippen molar-refractivity contribution in [1.82, 2.24) is 4.98 Å². The molecule has 0 fully saturated rings. The molecule has 0 saturated carbocycles. The van der Waals surface area contributed by atoms with Crippen molar-refractivity contribution in [2.45, 2.75) is 16.1 Å². The molecular formula is C12H9ClF4N2S2. The molecule has 0 unspecified atom stereocenters. The van der Waals surface area contributed by atoms with E-state index in [9.17, 15) is 17.6 Å². The normalized spacial score (nSPS) is 11.7. The Kier molecular flexibility index (Phi) is 5.00. The van der Waals surface area contributed by atoms with Gasteiger partial charge in [-0.1, -0.05) is 29.0 Å². The summed E-state index contributed by atoms with van der Waals surface area (Å²) in [5.74, 6) is -0.473. The molecule has 0 spiro atoms. The minimum atomic E-state index is -4.54. The third kappa shape index (κ3) is 4.02. The summed E-state index contributed by atoms with van der Waals surface area (Å²) in [4.78, 5) is 3.50. The lowest BCUT2D eigenvalue weighted by Crippen LogP contribution is -2.07. The van der Waals surface area contributed by atoms with E-state index in [-0.39, 0.29) is 25.7 Å². The molecule has 2 aromatic rings. The van der Waals surface area contributed by atoms with E-state index in [1.807, 2.05) is 0 Å². The van der Waals surface area contributed by atoms with Gasteiger partial charge < -0.3 is 5.32 Å². The molecule has 0 aliphatic carbocycles. The first kappa shape index (κ1) is 16.4. The number of aromatic nitrogens is 1. The van der Waals surface area contributed by atoms with Crippen molar-refractivity contribution in [3.63, 3.8) is 0 Å². The van der Waals surface area contributed by atoms with Crippen LogP contribution in [-0.4, -0.2) is 12.0 Å². The molecule has 0 amide bonds. The number of alkyl halides is 3. The Morgan fingerprint density at radius 2 is 2.10 bits per heavy atom. The summed E-state index contributed by atoms with van der Waals surface area (Å²) in [6, 6.07) is 4.09. The molecule has 2 rings (SSSR count). The van der Waals surface area contributed by atoms with Gasteiger partial charge in [0.25, 0.3) is 0 Å². The first-order valence-corrected chi connectivity index (χ1v) is 7.81. The van der Waals surface area contributed by atoms with Crippen LogP contribution in [0.5, 0.6) is 0 Å². The van der Waals surface area contributed by atoms with Crippen molar-refractivity contribution in [2.75, 3.05) is 12.4 Å². The second-order valence-electron chi connectivity index (χ2n) is 3.93. The number of hydrogen-bond donors (Lipinski definition) is 1. The number of halogens is 5. The van der Waals surface area contributed by atoms with Gasteiger partial charge in [-0.25, -0.2) is 9.37 Å². The van der Waals surface area contributed by atoms with E-state index in [1.165, 1.54) is 19.2 Å². The van der Waals surface area contributed by atoms with Crippen molar-refractivity contribution >= 4 is 39.8 Å². The van der Waals surface area contributed by atoms with Gasteiger partial charge in [-0.05, 0) is 17.7 Å². The van der Waals surface area contributed by atoms with Crippen LogP contribution in [0.4, 0.5) is 22.7 Å². The fourth-order valence-electron chi connectivity index (χ4n) is 1.47. The second kappa shape index (κ2) is 6.41. The van der Waals surface area contributed by atoms with Crippen LogP contribution in [0.2, 0.25) is 5.02 Å². The molecule has 2 nitrogen and oxygen atoms in total. The summed E-state index contributed by atoms with van der Waals surface area (Å²) in [5.41, 5.74) is -0.659. The van der Waals surface area contributed by atoms with Gasteiger partial charge in [0.05, 0.1) is 4.21 Å². The molecule has 1 aromatic carbocycles. The Morgan fingerprint density at radius 1 is 1.38 bits per heavy atom. The van der Waals surface area contributed by atoms with Crippen LogP contribution in [-0.2, 0) is 11.9 Å². The topological polar surface area (TPSA) is 24.9 Å². The van der Waals surface area contributed by atoms with E-state index in [2.05, 4.69) is 10.3 Å². The highest BCUT2D eigenvalue weighted by molar-refractivity contribution is 8.00. The predicted molar refractivity (Wildman–Crippen MR) is 77.6 cm³/mol. The van der Waals surface area contributed by atoms with E-state index in [0.29, 0.717) is 0 Å². The molecule has 0 radical (unpaired) electrons. The second-order valence-corrected chi connectivity index (χ2v) is 6.61. The summed E-state index contributed by atoms with van der Waals surface area (Å²) >= 11 is 7.41. The number of thioether (sulfide) groups is 1. The van der Waals surface area contributed by atoms with Crippen molar-refractivity contribution in [3.8, 4) is 0 Å². The summed E-state index contributed by atoms with van der Waals surface area (Å²) in [7, 11) is 1.49. The number of thiazole rings is 1. The van der Waals surface area contributed by atoms with Crippen LogP contribution in [0.15, 0.2) is 22.4 Å². The van der Waals surface area contributed by atoms with Crippen molar-refractivity contribution in [2.24, 2.45) is 0 Å². The third-order valence-corrected chi connectivity index (χ3v) is 5.07. The molecule has 21 heavy (non-hydrogen) atoms. The quantitative estimate of drug-likeness (QED) is 0.595. The van der Waals surface area contributed by atoms with Crippen molar-refractivity contribution < 1.29 is 17.6 Å². The maximum atomic E-state index is 13.6. The zero-order chi connectivity index (χ0) is 15.6. The molecule has 1 heterocycles. The molecule has 0 aliphatic heterocycles. The highest BCUT2D eigenvalue weighted by Gasteiger charge is 2.37. The van der Waals surface area contributed by atoms with E-state index < -0.39 is 17.7 Å². The lowest BCUT2D eigenvalue weighted by Gasteiger charge is -2.06. The van der Waals surface area contributed by atoms with E-state index >= 15 is 0 Å². The first-order chi connectivity index (χ1) is 9.81. The van der Waals surface area contributed by atoms with Gasteiger partial charge in [0.2, 0.25) is 0 Å². The Bertz CT molecular complexity index is 643. The van der Waals surface area contributed by atoms with Gasteiger partial charge in [0, 0.05) is 17.8 Å². The molecular weight excluding hydrogens is 348 g/mol. The molecule has 1 aromatic heterocycles. The highest BCUT2D eigenvalue weighted by Crippen LogP contribution is 2.42. The molecule has 0 aliphatic rings. The Balaban J connectivity index is 2.21. The first-order valence-electron chi connectivity index (χ1n) is 5.63. The summed E-state index contributed by atoms with van der Waals surface area (Å²) < 4.78 is 52.2. The Hall–Kier alpha value is -0.990. The molecule has 9 heteroatoms. The van der Waals surface area contributed by atoms with Crippen molar-refractivity contribution in [1.29, 1.82) is 0 Å². The van der Waals surface area contributed by atoms with Gasteiger partial charge in [-0.2, -0.15) is 13.2 Å². The van der Waals surface area contributed by atoms with Gasteiger partial charge in [0.1, 0.15) is 5.82 Å². The van der Waals surface area contributed by atoms with E-state index in [0.717, 1.165) is 29.2 Å². The number of benzene rings is 1. The fourth-order valence-corrected chi connectivity index (χ4v) is 3.77. The fraction of sp³-hybridized carbons (Fsp3) is 0.250. The molecule has 0 saturated heterocycles. The summed E-state index contributed by atoms with van der Waals surface area (Å²) in [6.07, 6.45) is -4.54. The largest absolute Gasteiger partial charge is 0.435 e. The highest BCUT2D eigenvalue weighted by atomic mass is 35.5. The minimum Gasteiger partial charge on any atom is -0.365 e. The van der Waals surface area contributed by atoms with Crippen LogP contribution < -0.4 is 5.32 Å². The van der Waals surface area contributed by atoms with Crippen molar-refractivity contribution in [3.05, 3.63) is 40.3 Å². The monoisotopic (exact) mass is 356 g/mol. The van der Waals surface area contributed by atoms with Gasteiger partial charge in [-0.3, -0.25) is 0 Å². The average molecular weight is 357 g/mol. The molecule has 114 valence electrons. The minimum absolute atomic E-state index is 0.00111. The van der Waals surface area contributed by atoms with Gasteiger partial charge >= 0.3 is 6.18 Å². The lowest BCUT2D eigenvalue weighted by atomic mass is 10.2. The Labute approximate surface area is 131 Å². The van der Waals surface area contributed by atoms with Crippen LogP contribution >= 0.6 is 34.7 Å².